The fourth-order valence-corrected chi connectivity index (χ4v) is 4.07. The highest BCUT2D eigenvalue weighted by molar-refractivity contribution is 5.94. The van der Waals surface area contributed by atoms with Crippen LogP contribution in [-0.2, 0) is 15.7 Å². The minimum absolute atomic E-state index is 0.139. The third kappa shape index (κ3) is 3.87. The molecule has 7 nitrogen and oxygen atoms in total. The van der Waals surface area contributed by atoms with Crippen LogP contribution in [0.5, 0.6) is 0 Å². The predicted octanol–water partition coefficient (Wildman–Crippen LogP) is 3.10. The van der Waals surface area contributed by atoms with Gasteiger partial charge in [0.2, 0.25) is 0 Å². The van der Waals surface area contributed by atoms with Crippen LogP contribution in [-0.4, -0.2) is 52.4 Å². The largest absolute Gasteiger partial charge is 0.416 e. The molecular formula is C22H19F3N4O3. The zero-order chi connectivity index (χ0) is 22.3. The van der Waals surface area contributed by atoms with Crippen molar-refractivity contribution < 1.29 is 27.4 Å². The molecule has 1 aromatic heterocycles. The Bertz CT molecular complexity index is 1100. The van der Waals surface area contributed by atoms with Gasteiger partial charge in [0.15, 0.2) is 0 Å². The molecule has 3 aromatic rings. The molecule has 0 radical (unpaired) electrons. The first-order valence-electron chi connectivity index (χ1n) is 10.1. The van der Waals surface area contributed by atoms with Crippen LogP contribution in [0.25, 0.3) is 11.3 Å². The number of hydrogen-bond donors (Lipinski definition) is 1. The van der Waals surface area contributed by atoms with Crippen LogP contribution in [0.15, 0.2) is 60.8 Å². The molecule has 2 aliphatic rings. The van der Waals surface area contributed by atoms with Crippen LogP contribution < -0.4 is 5.32 Å². The number of alkyl halides is 3. The number of ether oxygens (including phenoxy) is 2. The zero-order valence-electron chi connectivity index (χ0n) is 16.7. The van der Waals surface area contributed by atoms with E-state index in [0.29, 0.717) is 6.61 Å². The lowest BCUT2D eigenvalue weighted by atomic mass is 10.1. The first-order valence-corrected chi connectivity index (χ1v) is 10.1. The number of carbonyl (C=O) groups excluding carboxylic acids is 1. The van der Waals surface area contributed by atoms with E-state index in [1.165, 1.54) is 0 Å². The minimum atomic E-state index is -4.45. The average Bonchev–Trinajstić information content (AvgIpc) is 3.51. The van der Waals surface area contributed by atoms with Crippen molar-refractivity contribution in [3.63, 3.8) is 0 Å². The van der Waals surface area contributed by atoms with E-state index < -0.39 is 23.7 Å². The molecule has 10 heteroatoms. The lowest BCUT2D eigenvalue weighted by molar-refractivity contribution is -0.137. The standard InChI is InChI=1S/C22H19F3N4O3/c23-22(24,25)15-8-6-14(7-9-15)21(30)26-17-11-31-20-18(12-32-19(17)20)29-10-16(27-28-29)13-4-2-1-3-5-13/h1-10,17-20H,11-12H2,(H,26,30). The van der Waals surface area contributed by atoms with Gasteiger partial charge in [0.25, 0.3) is 5.91 Å². The van der Waals surface area contributed by atoms with Gasteiger partial charge in [0.1, 0.15) is 23.9 Å². The topological polar surface area (TPSA) is 78.3 Å². The van der Waals surface area contributed by atoms with E-state index in [1.807, 2.05) is 36.5 Å². The number of fused-ring (bicyclic) bond motifs is 1. The summed E-state index contributed by atoms with van der Waals surface area (Å²) in [7, 11) is 0. The monoisotopic (exact) mass is 444 g/mol. The van der Waals surface area contributed by atoms with Crippen LogP contribution in [0.1, 0.15) is 22.0 Å². The van der Waals surface area contributed by atoms with E-state index in [-0.39, 0.29) is 30.4 Å². The van der Waals surface area contributed by atoms with Crippen LogP contribution in [0.4, 0.5) is 13.2 Å². The Kier molecular flexibility index (Phi) is 5.18. The van der Waals surface area contributed by atoms with Gasteiger partial charge >= 0.3 is 6.18 Å². The number of aromatic nitrogens is 3. The lowest BCUT2D eigenvalue weighted by Gasteiger charge is -2.18. The summed E-state index contributed by atoms with van der Waals surface area (Å²) in [6.07, 6.45) is -3.32. The molecule has 166 valence electrons. The molecule has 1 amide bonds. The Hall–Kier alpha value is -3.24. The van der Waals surface area contributed by atoms with Crippen LogP contribution in [0.3, 0.4) is 0 Å². The van der Waals surface area contributed by atoms with Gasteiger partial charge in [-0.15, -0.1) is 5.10 Å². The molecule has 3 heterocycles. The molecule has 4 unspecified atom stereocenters. The van der Waals surface area contributed by atoms with Crippen molar-refractivity contribution in [2.75, 3.05) is 13.2 Å². The normalized spacial score (nSPS) is 25.0. The van der Waals surface area contributed by atoms with Crippen LogP contribution in [0, 0.1) is 0 Å². The number of nitrogens with one attached hydrogen (secondary N) is 1. The SMILES string of the molecule is O=C(NC1COC2C1OCC2n1cc(-c2ccccc2)nn1)c1ccc(C(F)(F)F)cc1. The van der Waals surface area contributed by atoms with Crippen molar-refractivity contribution in [1.29, 1.82) is 0 Å². The van der Waals surface area contributed by atoms with Crippen molar-refractivity contribution >= 4 is 5.91 Å². The van der Waals surface area contributed by atoms with Crippen molar-refractivity contribution in [3.8, 4) is 11.3 Å². The smallest absolute Gasteiger partial charge is 0.371 e. The lowest BCUT2D eigenvalue weighted by Crippen LogP contribution is -2.44. The molecule has 4 atom stereocenters. The van der Waals surface area contributed by atoms with Crippen LogP contribution >= 0.6 is 0 Å². The maximum atomic E-state index is 12.7. The summed E-state index contributed by atoms with van der Waals surface area (Å²) in [5.74, 6) is -0.479. The first-order chi connectivity index (χ1) is 15.4. The number of halogens is 3. The van der Waals surface area contributed by atoms with Gasteiger partial charge in [-0.2, -0.15) is 13.2 Å². The molecule has 0 saturated carbocycles. The molecule has 2 aliphatic heterocycles. The van der Waals surface area contributed by atoms with E-state index >= 15 is 0 Å². The van der Waals surface area contributed by atoms with Crippen molar-refractivity contribution in [2.45, 2.75) is 30.5 Å². The molecule has 0 spiro atoms. The summed E-state index contributed by atoms with van der Waals surface area (Å²) >= 11 is 0. The Labute approximate surface area is 181 Å². The van der Waals surface area contributed by atoms with E-state index in [9.17, 15) is 18.0 Å². The quantitative estimate of drug-likeness (QED) is 0.669. The minimum Gasteiger partial charge on any atom is -0.371 e. The van der Waals surface area contributed by atoms with Gasteiger partial charge in [-0.1, -0.05) is 35.5 Å². The first kappa shape index (κ1) is 20.7. The van der Waals surface area contributed by atoms with Gasteiger partial charge in [0.05, 0.1) is 31.0 Å². The third-order valence-electron chi connectivity index (χ3n) is 5.74. The molecule has 2 aromatic carbocycles. The van der Waals surface area contributed by atoms with Gasteiger partial charge < -0.3 is 14.8 Å². The molecule has 2 saturated heterocycles. The van der Waals surface area contributed by atoms with E-state index in [4.69, 9.17) is 9.47 Å². The summed E-state index contributed by atoms with van der Waals surface area (Å²) < 4.78 is 51.7. The Morgan fingerprint density at radius 3 is 2.44 bits per heavy atom. The van der Waals surface area contributed by atoms with Crippen molar-refractivity contribution in [1.82, 2.24) is 20.3 Å². The van der Waals surface area contributed by atoms with Gasteiger partial charge in [0, 0.05) is 11.1 Å². The molecular weight excluding hydrogens is 425 g/mol. The summed E-state index contributed by atoms with van der Waals surface area (Å²) in [6, 6.07) is 13.1. The average molecular weight is 444 g/mol. The number of rotatable bonds is 4. The second-order valence-electron chi connectivity index (χ2n) is 7.77. The highest BCUT2D eigenvalue weighted by atomic mass is 19.4. The number of hydrogen-bond acceptors (Lipinski definition) is 5. The number of amides is 1. The van der Waals surface area contributed by atoms with Gasteiger partial charge in [-0.05, 0) is 24.3 Å². The van der Waals surface area contributed by atoms with Gasteiger partial charge in [-0.25, -0.2) is 4.68 Å². The number of benzene rings is 2. The molecule has 1 N–H and O–H groups in total. The van der Waals surface area contributed by atoms with Crippen molar-refractivity contribution in [2.24, 2.45) is 0 Å². The summed E-state index contributed by atoms with van der Waals surface area (Å²) in [5, 5.41) is 11.3. The molecule has 0 bridgehead atoms. The highest BCUT2D eigenvalue weighted by Crippen LogP contribution is 2.35. The maximum Gasteiger partial charge on any atom is 0.416 e. The summed E-state index contributed by atoms with van der Waals surface area (Å²) in [6.45, 7) is 0.581. The highest BCUT2D eigenvalue weighted by Gasteiger charge is 2.49. The molecule has 32 heavy (non-hydrogen) atoms. The third-order valence-corrected chi connectivity index (χ3v) is 5.74. The Morgan fingerprint density at radius 1 is 1.00 bits per heavy atom. The van der Waals surface area contributed by atoms with E-state index in [1.54, 1.807) is 4.68 Å². The summed E-state index contributed by atoms with van der Waals surface area (Å²) in [4.78, 5) is 12.5. The summed E-state index contributed by atoms with van der Waals surface area (Å²) in [5.41, 5.74) is 1.02. The zero-order valence-corrected chi connectivity index (χ0v) is 16.7. The van der Waals surface area contributed by atoms with E-state index in [2.05, 4.69) is 15.6 Å². The predicted molar refractivity (Wildman–Crippen MR) is 107 cm³/mol. The van der Waals surface area contributed by atoms with E-state index in [0.717, 1.165) is 35.5 Å². The second kappa shape index (κ2) is 8.03. The maximum absolute atomic E-state index is 12.7. The Morgan fingerprint density at radius 2 is 1.72 bits per heavy atom. The fraction of sp³-hybridized carbons (Fsp3) is 0.318. The van der Waals surface area contributed by atoms with Crippen molar-refractivity contribution in [3.05, 3.63) is 71.9 Å². The Balaban J connectivity index is 1.25. The van der Waals surface area contributed by atoms with Crippen LogP contribution in [0.2, 0.25) is 0 Å². The number of carbonyl (C=O) groups is 1. The molecule has 0 aliphatic carbocycles. The number of nitrogens with zero attached hydrogens (tertiary/aromatic N) is 3. The van der Waals surface area contributed by atoms with Gasteiger partial charge in [-0.3, -0.25) is 4.79 Å². The second-order valence-corrected chi connectivity index (χ2v) is 7.77. The fourth-order valence-electron chi connectivity index (χ4n) is 4.07. The molecule has 5 rings (SSSR count). The molecule has 2 fully saturated rings.